The lowest BCUT2D eigenvalue weighted by Crippen LogP contribution is -2.34. The minimum absolute atomic E-state index is 0.219. The third kappa shape index (κ3) is 7.18. The Kier molecular flexibility index (Phi) is 6.87. The molecule has 4 N–H and O–H groups in total. The molecule has 2 atom stereocenters. The lowest BCUT2D eigenvalue weighted by Gasteiger charge is -2.31. The molecule has 110 valence electrons. The van der Waals surface area contributed by atoms with Gasteiger partial charge in [-0.3, -0.25) is 0 Å². The number of aliphatic hydroxyl groups is 1. The summed E-state index contributed by atoms with van der Waals surface area (Å²) in [5.41, 5.74) is 5.10. The van der Waals surface area contributed by atoms with E-state index in [0.29, 0.717) is 6.61 Å². The zero-order chi connectivity index (χ0) is 14.1. The molecule has 1 amide bonds. The van der Waals surface area contributed by atoms with E-state index < -0.39 is 6.09 Å². The first kappa shape index (κ1) is 16.0. The number of aliphatic hydroxyl groups excluding tert-OH is 1. The van der Waals surface area contributed by atoms with Crippen molar-refractivity contribution in [3.8, 4) is 0 Å². The monoisotopic (exact) mass is 270 g/mol. The number of hydrogen-bond donors (Lipinski definition) is 3. The Morgan fingerprint density at radius 2 is 2.37 bits per heavy atom. The molecule has 0 saturated heterocycles. The number of nitrogens with one attached hydrogen (secondary N) is 1. The van der Waals surface area contributed by atoms with Crippen molar-refractivity contribution in [2.45, 2.75) is 45.1 Å². The van der Waals surface area contributed by atoms with E-state index in [9.17, 15) is 9.90 Å². The third-order valence-electron chi connectivity index (χ3n) is 3.61. The second kappa shape index (κ2) is 8.17. The molecular formula is C14H26N2O3. The Morgan fingerprint density at radius 1 is 1.58 bits per heavy atom. The van der Waals surface area contributed by atoms with Crippen molar-refractivity contribution in [2.24, 2.45) is 11.1 Å². The Hall–Kier alpha value is -1.07. The maximum atomic E-state index is 10.4. The number of amides is 1. The van der Waals surface area contributed by atoms with Crippen LogP contribution in [0.4, 0.5) is 4.79 Å². The molecule has 0 aromatic heterocycles. The Balaban J connectivity index is 2.19. The fourth-order valence-corrected chi connectivity index (χ4v) is 2.34. The average Bonchev–Trinajstić information content (AvgIpc) is 2.35. The highest BCUT2D eigenvalue weighted by Crippen LogP contribution is 2.31. The Bertz CT molecular complexity index is 307. The molecule has 0 bridgehead atoms. The van der Waals surface area contributed by atoms with E-state index in [0.717, 1.165) is 45.2 Å². The molecule has 1 aliphatic carbocycles. The van der Waals surface area contributed by atoms with E-state index in [1.807, 2.05) is 6.08 Å². The molecule has 0 heterocycles. The predicted molar refractivity (Wildman–Crippen MR) is 74.7 cm³/mol. The standard InChI is InChI=1S/C14H26N2O3/c1-14(7-3-2-5-12(17)6-8-14)11-16-9-4-10-19-13(15)18/h2,5,12,16-17H,3-4,6-11H2,1H3,(H2,15,18)/b5-2-. The van der Waals surface area contributed by atoms with Gasteiger partial charge >= 0.3 is 6.09 Å². The van der Waals surface area contributed by atoms with Crippen LogP contribution in [-0.2, 0) is 4.74 Å². The van der Waals surface area contributed by atoms with Crippen LogP contribution in [0, 0.1) is 5.41 Å². The highest BCUT2D eigenvalue weighted by molar-refractivity contribution is 5.64. The maximum Gasteiger partial charge on any atom is 0.404 e. The Labute approximate surface area is 115 Å². The number of rotatable bonds is 6. The van der Waals surface area contributed by atoms with Crippen LogP contribution in [0.2, 0.25) is 0 Å². The van der Waals surface area contributed by atoms with Gasteiger partial charge in [0.2, 0.25) is 0 Å². The molecule has 1 aliphatic rings. The number of carbonyl (C=O) groups excluding carboxylic acids is 1. The van der Waals surface area contributed by atoms with Gasteiger partial charge in [-0.25, -0.2) is 4.79 Å². The molecule has 5 nitrogen and oxygen atoms in total. The summed E-state index contributed by atoms with van der Waals surface area (Å²) in [5, 5.41) is 13.1. The van der Waals surface area contributed by atoms with Gasteiger partial charge in [0.1, 0.15) is 0 Å². The summed E-state index contributed by atoms with van der Waals surface area (Å²) in [6, 6.07) is 0. The average molecular weight is 270 g/mol. The first-order chi connectivity index (χ1) is 9.02. The Morgan fingerprint density at radius 3 is 3.11 bits per heavy atom. The van der Waals surface area contributed by atoms with Gasteiger partial charge in [0.05, 0.1) is 12.7 Å². The van der Waals surface area contributed by atoms with Crippen molar-refractivity contribution in [3.05, 3.63) is 12.2 Å². The zero-order valence-corrected chi connectivity index (χ0v) is 11.7. The van der Waals surface area contributed by atoms with Crippen LogP contribution in [0.25, 0.3) is 0 Å². The lowest BCUT2D eigenvalue weighted by molar-refractivity contribution is 0.152. The van der Waals surface area contributed by atoms with Gasteiger partial charge in [0, 0.05) is 6.54 Å². The first-order valence-electron chi connectivity index (χ1n) is 6.99. The molecule has 0 aromatic rings. The highest BCUT2D eigenvalue weighted by Gasteiger charge is 2.24. The molecule has 0 fully saturated rings. The second-order valence-electron chi connectivity index (χ2n) is 5.58. The van der Waals surface area contributed by atoms with E-state index in [1.165, 1.54) is 0 Å². The van der Waals surface area contributed by atoms with Gasteiger partial charge in [-0.1, -0.05) is 19.1 Å². The lowest BCUT2D eigenvalue weighted by atomic mass is 9.79. The molecule has 0 radical (unpaired) electrons. The smallest absolute Gasteiger partial charge is 0.404 e. The summed E-state index contributed by atoms with van der Waals surface area (Å²) in [7, 11) is 0. The van der Waals surface area contributed by atoms with Crippen LogP contribution >= 0.6 is 0 Å². The van der Waals surface area contributed by atoms with Crippen molar-refractivity contribution < 1.29 is 14.6 Å². The normalized spacial score (nSPS) is 29.3. The van der Waals surface area contributed by atoms with Gasteiger partial charge < -0.3 is 20.9 Å². The third-order valence-corrected chi connectivity index (χ3v) is 3.61. The van der Waals surface area contributed by atoms with Crippen molar-refractivity contribution in [3.63, 3.8) is 0 Å². The minimum atomic E-state index is -0.715. The molecule has 0 aromatic carbocycles. The van der Waals surface area contributed by atoms with E-state index in [4.69, 9.17) is 5.73 Å². The molecule has 19 heavy (non-hydrogen) atoms. The number of hydrogen-bond acceptors (Lipinski definition) is 4. The van der Waals surface area contributed by atoms with Gasteiger partial charge in [-0.15, -0.1) is 0 Å². The van der Waals surface area contributed by atoms with Crippen LogP contribution in [0.1, 0.15) is 39.0 Å². The second-order valence-corrected chi connectivity index (χ2v) is 5.58. The van der Waals surface area contributed by atoms with E-state index in [2.05, 4.69) is 23.1 Å². The van der Waals surface area contributed by atoms with Crippen LogP contribution in [-0.4, -0.2) is 37.0 Å². The highest BCUT2D eigenvalue weighted by atomic mass is 16.5. The predicted octanol–water partition coefficient (Wildman–Crippen LogP) is 1.56. The van der Waals surface area contributed by atoms with Crippen molar-refractivity contribution >= 4 is 6.09 Å². The van der Waals surface area contributed by atoms with Crippen molar-refractivity contribution in [1.29, 1.82) is 0 Å². The summed E-state index contributed by atoms with van der Waals surface area (Å²) in [6.07, 6.45) is 7.69. The summed E-state index contributed by atoms with van der Waals surface area (Å²) >= 11 is 0. The van der Waals surface area contributed by atoms with Crippen LogP contribution < -0.4 is 11.1 Å². The summed E-state index contributed by atoms with van der Waals surface area (Å²) < 4.78 is 4.67. The van der Waals surface area contributed by atoms with Gasteiger partial charge in [0.25, 0.3) is 0 Å². The molecule has 2 unspecified atom stereocenters. The largest absolute Gasteiger partial charge is 0.450 e. The van der Waals surface area contributed by atoms with Crippen molar-refractivity contribution in [2.75, 3.05) is 19.7 Å². The summed E-state index contributed by atoms with van der Waals surface area (Å²) in [5.74, 6) is 0. The SMILES string of the molecule is CC1(CNCCCOC(N)=O)CC/C=C\C(O)CC1. The zero-order valence-electron chi connectivity index (χ0n) is 11.7. The molecule has 0 spiro atoms. The number of allylic oxidation sites excluding steroid dienone is 1. The molecule has 0 aliphatic heterocycles. The topological polar surface area (TPSA) is 84.6 Å². The van der Waals surface area contributed by atoms with E-state index >= 15 is 0 Å². The van der Waals surface area contributed by atoms with Crippen LogP contribution in [0.15, 0.2) is 12.2 Å². The van der Waals surface area contributed by atoms with Crippen LogP contribution in [0.3, 0.4) is 0 Å². The number of ether oxygens (including phenoxy) is 1. The quantitative estimate of drug-likeness (QED) is 0.505. The van der Waals surface area contributed by atoms with Gasteiger partial charge in [-0.2, -0.15) is 0 Å². The van der Waals surface area contributed by atoms with Gasteiger partial charge in [-0.05, 0) is 44.1 Å². The molecule has 5 heteroatoms. The van der Waals surface area contributed by atoms with Gasteiger partial charge in [0.15, 0.2) is 0 Å². The number of carbonyl (C=O) groups is 1. The van der Waals surface area contributed by atoms with Crippen LogP contribution in [0.5, 0.6) is 0 Å². The van der Waals surface area contributed by atoms with E-state index in [1.54, 1.807) is 0 Å². The summed E-state index contributed by atoms with van der Waals surface area (Å²) in [4.78, 5) is 10.4. The fraction of sp³-hybridized carbons (Fsp3) is 0.786. The summed E-state index contributed by atoms with van der Waals surface area (Å²) in [6.45, 7) is 4.34. The number of nitrogens with two attached hydrogens (primary N) is 1. The van der Waals surface area contributed by atoms with Crippen molar-refractivity contribution in [1.82, 2.24) is 5.32 Å². The molecule has 0 saturated carbocycles. The molecular weight excluding hydrogens is 244 g/mol. The number of primary amides is 1. The fourth-order valence-electron chi connectivity index (χ4n) is 2.34. The van der Waals surface area contributed by atoms with E-state index in [-0.39, 0.29) is 11.5 Å². The first-order valence-corrected chi connectivity index (χ1v) is 6.99. The maximum absolute atomic E-state index is 10.4. The molecule has 1 rings (SSSR count). The minimum Gasteiger partial charge on any atom is -0.450 e.